The van der Waals surface area contributed by atoms with Gasteiger partial charge in [0, 0.05) is 36.0 Å². The van der Waals surface area contributed by atoms with Crippen LogP contribution < -0.4 is 5.32 Å². The van der Waals surface area contributed by atoms with Gasteiger partial charge >= 0.3 is 0 Å². The van der Waals surface area contributed by atoms with Crippen molar-refractivity contribution in [3.63, 3.8) is 0 Å². The van der Waals surface area contributed by atoms with Gasteiger partial charge in [0.1, 0.15) is 5.82 Å². The maximum absolute atomic E-state index is 14.3. The number of hydrogen-bond donors (Lipinski definition) is 1. The molecule has 1 N–H and O–H groups in total. The highest BCUT2D eigenvalue weighted by Gasteiger charge is 2.14. The Morgan fingerprint density at radius 1 is 1.29 bits per heavy atom. The minimum atomic E-state index is -0.163. The summed E-state index contributed by atoms with van der Waals surface area (Å²) in [6.07, 6.45) is 0. The molecule has 2 rings (SSSR count). The van der Waals surface area contributed by atoms with E-state index >= 15 is 0 Å². The third kappa shape index (κ3) is 3.32. The van der Waals surface area contributed by atoms with E-state index in [0.29, 0.717) is 18.2 Å². The van der Waals surface area contributed by atoms with E-state index < -0.39 is 0 Å². The van der Waals surface area contributed by atoms with Gasteiger partial charge in [-0.2, -0.15) is 5.10 Å². The third-order valence-corrected chi connectivity index (χ3v) is 3.72. The summed E-state index contributed by atoms with van der Waals surface area (Å²) in [5, 5.41) is 7.74. The van der Waals surface area contributed by atoms with E-state index in [0.717, 1.165) is 29.1 Å². The maximum atomic E-state index is 14.3. The van der Waals surface area contributed by atoms with Crippen molar-refractivity contribution >= 4 is 0 Å². The van der Waals surface area contributed by atoms with Gasteiger partial charge in [-0.05, 0) is 32.4 Å². The molecule has 0 aliphatic heterocycles. The van der Waals surface area contributed by atoms with Crippen LogP contribution in [0.2, 0.25) is 0 Å². The zero-order valence-electron chi connectivity index (χ0n) is 13.5. The molecule has 4 heteroatoms. The molecule has 0 fully saturated rings. The molecule has 0 atom stereocenters. The monoisotopic (exact) mass is 289 g/mol. The molecule has 2 aromatic rings. The molecule has 0 aliphatic carbocycles. The Morgan fingerprint density at radius 2 is 2.00 bits per heavy atom. The van der Waals surface area contributed by atoms with Gasteiger partial charge in [-0.1, -0.05) is 26.0 Å². The Hall–Kier alpha value is -1.68. The molecule has 0 aliphatic rings. The van der Waals surface area contributed by atoms with E-state index in [2.05, 4.69) is 31.2 Å². The normalized spacial score (nSPS) is 11.4. The summed E-state index contributed by atoms with van der Waals surface area (Å²) in [4.78, 5) is 0. The molecule has 0 saturated carbocycles. The first-order valence-electron chi connectivity index (χ1n) is 7.50. The largest absolute Gasteiger partial charge is 0.310 e. The van der Waals surface area contributed by atoms with E-state index in [1.807, 2.05) is 30.7 Å². The first kappa shape index (κ1) is 15.7. The second-order valence-electron chi connectivity index (χ2n) is 5.70. The average molecular weight is 289 g/mol. The summed E-state index contributed by atoms with van der Waals surface area (Å²) >= 11 is 0. The minimum Gasteiger partial charge on any atom is -0.310 e. The van der Waals surface area contributed by atoms with E-state index in [1.54, 1.807) is 6.07 Å². The van der Waals surface area contributed by atoms with Crippen molar-refractivity contribution in [2.75, 3.05) is 0 Å². The Bertz CT molecular complexity index is 629. The van der Waals surface area contributed by atoms with Crippen LogP contribution in [0.4, 0.5) is 4.39 Å². The Labute approximate surface area is 126 Å². The number of rotatable bonds is 5. The van der Waals surface area contributed by atoms with Crippen molar-refractivity contribution in [1.82, 2.24) is 15.1 Å². The topological polar surface area (TPSA) is 29.9 Å². The first-order valence-corrected chi connectivity index (χ1v) is 7.50. The maximum Gasteiger partial charge on any atom is 0.128 e. The molecule has 0 bridgehead atoms. The number of benzene rings is 1. The zero-order valence-corrected chi connectivity index (χ0v) is 13.5. The molecule has 0 amide bonds. The SMILES string of the molecule is CCn1nc(C)c(-c2ccc(CNC(C)C)c(F)c2)c1C. The number of hydrogen-bond acceptors (Lipinski definition) is 2. The van der Waals surface area contributed by atoms with Crippen molar-refractivity contribution in [3.8, 4) is 11.1 Å². The molecule has 1 aromatic carbocycles. The van der Waals surface area contributed by atoms with Crippen LogP contribution >= 0.6 is 0 Å². The summed E-state index contributed by atoms with van der Waals surface area (Å²) in [6.45, 7) is 11.5. The molecule has 0 spiro atoms. The third-order valence-electron chi connectivity index (χ3n) is 3.72. The number of halogens is 1. The molecular weight excluding hydrogens is 265 g/mol. The lowest BCUT2D eigenvalue weighted by Crippen LogP contribution is -2.22. The van der Waals surface area contributed by atoms with Gasteiger partial charge in [0.25, 0.3) is 0 Å². The Kier molecular flexibility index (Phi) is 4.78. The van der Waals surface area contributed by atoms with Gasteiger partial charge < -0.3 is 5.32 Å². The minimum absolute atomic E-state index is 0.163. The Morgan fingerprint density at radius 3 is 2.52 bits per heavy atom. The van der Waals surface area contributed by atoms with Gasteiger partial charge in [0.05, 0.1) is 5.69 Å². The molecule has 114 valence electrons. The van der Waals surface area contributed by atoms with E-state index in [9.17, 15) is 4.39 Å². The summed E-state index contributed by atoms with van der Waals surface area (Å²) < 4.78 is 16.2. The molecule has 21 heavy (non-hydrogen) atoms. The van der Waals surface area contributed by atoms with Crippen LogP contribution in [0.5, 0.6) is 0 Å². The fourth-order valence-electron chi connectivity index (χ4n) is 2.58. The predicted molar refractivity (Wildman–Crippen MR) is 84.7 cm³/mol. The van der Waals surface area contributed by atoms with Crippen molar-refractivity contribution < 1.29 is 4.39 Å². The number of nitrogens with one attached hydrogen (secondary N) is 1. The van der Waals surface area contributed by atoms with Gasteiger partial charge in [0.2, 0.25) is 0 Å². The van der Waals surface area contributed by atoms with E-state index in [1.165, 1.54) is 0 Å². The number of nitrogens with zero attached hydrogens (tertiary/aromatic N) is 2. The average Bonchev–Trinajstić information content (AvgIpc) is 2.71. The second-order valence-corrected chi connectivity index (χ2v) is 5.70. The van der Waals surface area contributed by atoms with Crippen LogP contribution in [0.25, 0.3) is 11.1 Å². The van der Waals surface area contributed by atoms with Gasteiger partial charge in [-0.15, -0.1) is 0 Å². The molecule has 3 nitrogen and oxygen atoms in total. The highest BCUT2D eigenvalue weighted by atomic mass is 19.1. The van der Waals surface area contributed by atoms with E-state index in [4.69, 9.17) is 0 Å². The first-order chi connectivity index (χ1) is 9.93. The molecular formula is C17H24FN3. The van der Waals surface area contributed by atoms with Crippen LogP contribution in [-0.4, -0.2) is 15.8 Å². The van der Waals surface area contributed by atoms with Crippen molar-refractivity contribution in [3.05, 3.63) is 41.0 Å². The second kappa shape index (κ2) is 6.39. The van der Waals surface area contributed by atoms with Gasteiger partial charge in [-0.3, -0.25) is 4.68 Å². The van der Waals surface area contributed by atoms with Gasteiger partial charge in [0.15, 0.2) is 0 Å². The standard InChI is InChI=1S/C17H24FN3/c1-6-21-13(5)17(12(4)20-21)14-7-8-15(16(18)9-14)10-19-11(2)3/h7-9,11,19H,6,10H2,1-5H3. The van der Waals surface area contributed by atoms with Crippen LogP contribution in [0, 0.1) is 19.7 Å². The van der Waals surface area contributed by atoms with Crippen LogP contribution in [-0.2, 0) is 13.1 Å². The van der Waals surface area contributed by atoms with Crippen LogP contribution in [0.15, 0.2) is 18.2 Å². The predicted octanol–water partition coefficient (Wildman–Crippen LogP) is 3.82. The molecule has 1 heterocycles. The van der Waals surface area contributed by atoms with Crippen LogP contribution in [0.1, 0.15) is 37.7 Å². The number of aryl methyl sites for hydroxylation is 2. The quantitative estimate of drug-likeness (QED) is 0.906. The molecule has 0 radical (unpaired) electrons. The molecule has 0 saturated heterocycles. The lowest BCUT2D eigenvalue weighted by Gasteiger charge is -2.10. The van der Waals surface area contributed by atoms with Crippen LogP contribution in [0.3, 0.4) is 0 Å². The van der Waals surface area contributed by atoms with Crippen molar-refractivity contribution in [2.24, 2.45) is 0 Å². The van der Waals surface area contributed by atoms with Gasteiger partial charge in [-0.25, -0.2) is 4.39 Å². The van der Waals surface area contributed by atoms with E-state index in [-0.39, 0.29) is 5.82 Å². The summed E-state index contributed by atoms with van der Waals surface area (Å²) in [5.41, 5.74) is 4.67. The zero-order chi connectivity index (χ0) is 15.6. The smallest absolute Gasteiger partial charge is 0.128 e. The highest BCUT2D eigenvalue weighted by molar-refractivity contribution is 5.68. The summed E-state index contributed by atoms with van der Waals surface area (Å²) in [7, 11) is 0. The lowest BCUT2D eigenvalue weighted by molar-refractivity contribution is 0.553. The highest BCUT2D eigenvalue weighted by Crippen LogP contribution is 2.28. The lowest BCUT2D eigenvalue weighted by atomic mass is 10.0. The number of aromatic nitrogens is 2. The summed E-state index contributed by atoms with van der Waals surface area (Å²) in [6, 6.07) is 5.81. The molecule has 0 unspecified atom stereocenters. The fourth-order valence-corrected chi connectivity index (χ4v) is 2.58. The van der Waals surface area contributed by atoms with Crippen molar-refractivity contribution in [2.45, 2.75) is 53.8 Å². The molecule has 1 aromatic heterocycles. The Balaban J connectivity index is 2.34. The summed E-state index contributed by atoms with van der Waals surface area (Å²) in [5.74, 6) is -0.163. The fraction of sp³-hybridized carbons (Fsp3) is 0.471. The van der Waals surface area contributed by atoms with Crippen molar-refractivity contribution in [1.29, 1.82) is 0 Å².